The standard InChI is InChI=1S/C48H62BF2N7O10S2/c1-34-30-37(55-40(34)32-41-36(12-9-27-58(3,4)5)31-42(43-13-11-29-69-43)56(41)49(55,50)51)19-16-35-17-20-38(21-18-35)67-28-10-14-44(59)53-39(33-70(64,65)66)48(63)52-24-26-54(2)25-8-6-7-15-47(62)68-57-45(60)22-23-46(57)61/h11,13,16-23,29-32,39H,6-10,12,14-15,24-28,33H2,1-5H3,(H4-,52,53,59,60,61,63,64,65,66)/p+1. The fourth-order valence-corrected chi connectivity index (χ4v) is 9.66. The maximum atomic E-state index is 17.0. The summed E-state index contributed by atoms with van der Waals surface area (Å²) in [5.74, 6) is -3.34. The van der Waals surface area contributed by atoms with Crippen molar-refractivity contribution >= 4 is 70.1 Å². The molecule has 0 saturated heterocycles. The zero-order chi connectivity index (χ0) is 50.8. The first-order valence-corrected chi connectivity index (χ1v) is 25.7. The Bertz CT molecular complexity index is 2720. The fraction of sp³-hybridized carbons (Fsp3) is 0.417. The summed E-state index contributed by atoms with van der Waals surface area (Å²) in [6.07, 6.45) is 10.9. The summed E-state index contributed by atoms with van der Waals surface area (Å²) < 4.78 is 76.5. The van der Waals surface area contributed by atoms with Gasteiger partial charge in [-0.1, -0.05) is 30.7 Å². The first-order chi connectivity index (χ1) is 33.1. The number of carbonyl (C=O) groups is 3. The monoisotopic (exact) mass is 1010 g/mol. The number of hydrogen-bond donors (Lipinski definition) is 5. The van der Waals surface area contributed by atoms with Gasteiger partial charge in [0.05, 0.1) is 39.2 Å². The number of nitrogens with one attached hydrogen (secondary N) is 2. The molecule has 0 aliphatic carbocycles. The number of likely N-dealkylation sites (N-methyl/N-ethyl adjacent to an activating group) is 1. The summed E-state index contributed by atoms with van der Waals surface area (Å²) in [6.45, 7) is -0.239. The van der Waals surface area contributed by atoms with Crippen molar-refractivity contribution in [1.29, 1.82) is 0 Å². The number of benzene rings is 1. The number of aryl methyl sites for hydroxylation is 1. The SMILES string of the molecule is Cc1cc(C=Cc2ccc(OCCCC(=O)NC(CS(=O)(=O)O)C(=O)NCCN(C)CCCCCC(=O)On3c(O)ccc3O)cc2)n2c1C=C1C(CCC[N+](C)(C)C)=CC(c3cccs3)=[N+]1[B-]2(F)F. The quantitative estimate of drug-likeness (QED) is 0.0229. The number of unbranched alkanes of at least 4 members (excludes halogenated alkanes) is 2. The normalized spacial score (nSPS) is 14.9. The predicted molar refractivity (Wildman–Crippen MR) is 266 cm³/mol. The summed E-state index contributed by atoms with van der Waals surface area (Å²) in [7, 11) is 3.56. The molecule has 5 N–H and O–H groups in total. The van der Waals surface area contributed by atoms with Crippen molar-refractivity contribution in [3.05, 3.63) is 105 Å². The summed E-state index contributed by atoms with van der Waals surface area (Å²) >= 11 is 1.44. The predicted octanol–water partition coefficient (Wildman–Crippen LogP) is 5.54. The van der Waals surface area contributed by atoms with Gasteiger partial charge in [-0.2, -0.15) is 8.42 Å². The number of aromatic hydroxyl groups is 2. The molecule has 1 atom stereocenters. The number of rotatable bonds is 26. The van der Waals surface area contributed by atoms with Gasteiger partial charge in [-0.25, -0.2) is 4.79 Å². The first kappa shape index (κ1) is 53.3. The minimum Gasteiger partial charge on any atom is -0.494 e. The van der Waals surface area contributed by atoms with Gasteiger partial charge in [0.1, 0.15) is 17.5 Å². The smallest absolute Gasteiger partial charge is 0.494 e. The number of quaternary nitrogens is 1. The van der Waals surface area contributed by atoms with Crippen molar-refractivity contribution in [3.8, 4) is 17.5 Å². The van der Waals surface area contributed by atoms with Crippen LogP contribution in [-0.2, 0) is 24.5 Å². The Morgan fingerprint density at radius 3 is 2.36 bits per heavy atom. The average molecular weight is 1010 g/mol. The number of halogens is 2. The Labute approximate surface area is 411 Å². The minimum atomic E-state index is -4.63. The highest BCUT2D eigenvalue weighted by molar-refractivity contribution is 7.85. The highest BCUT2D eigenvalue weighted by Crippen LogP contribution is 2.40. The number of carbonyl (C=O) groups excluding carboxylic acids is 3. The number of ether oxygens (including phenoxy) is 1. The molecule has 6 rings (SSSR count). The second-order valence-electron chi connectivity index (χ2n) is 18.6. The van der Waals surface area contributed by atoms with E-state index in [0.29, 0.717) is 72.0 Å². The summed E-state index contributed by atoms with van der Waals surface area (Å²) in [4.78, 5) is 45.3. The second kappa shape index (κ2) is 23.2. The molecule has 0 radical (unpaired) electrons. The van der Waals surface area contributed by atoms with Crippen LogP contribution in [0.4, 0.5) is 8.63 Å². The van der Waals surface area contributed by atoms with Crippen molar-refractivity contribution in [2.45, 2.75) is 64.3 Å². The molecule has 2 amide bonds. The number of aromatic nitrogens is 2. The third kappa shape index (κ3) is 14.5. The van der Waals surface area contributed by atoms with Crippen molar-refractivity contribution in [2.75, 3.05) is 66.7 Å². The maximum Gasteiger partial charge on any atom is 0.737 e. The summed E-state index contributed by atoms with van der Waals surface area (Å²) in [6, 6.07) is 13.4. The number of thiophene rings is 1. The van der Waals surface area contributed by atoms with Crippen LogP contribution < -0.4 is 20.2 Å². The topological polar surface area (TPSA) is 205 Å². The van der Waals surface area contributed by atoms with Gasteiger partial charge < -0.3 is 57.4 Å². The van der Waals surface area contributed by atoms with Crippen LogP contribution in [0, 0.1) is 6.92 Å². The van der Waals surface area contributed by atoms with Crippen LogP contribution in [0.2, 0.25) is 0 Å². The molecule has 22 heteroatoms. The largest absolute Gasteiger partial charge is 0.737 e. The number of hydrogen-bond acceptors (Lipinski definition) is 11. The van der Waals surface area contributed by atoms with Gasteiger partial charge in [0.25, 0.3) is 10.1 Å². The third-order valence-electron chi connectivity index (χ3n) is 11.8. The van der Waals surface area contributed by atoms with Crippen molar-refractivity contribution in [2.24, 2.45) is 0 Å². The molecule has 2 aliphatic rings. The van der Waals surface area contributed by atoms with E-state index in [-0.39, 0.29) is 32.4 Å². The highest BCUT2D eigenvalue weighted by Gasteiger charge is 2.54. The van der Waals surface area contributed by atoms with Gasteiger partial charge in [-0.15, -0.1) is 16.1 Å². The third-order valence-corrected chi connectivity index (χ3v) is 13.4. The lowest BCUT2D eigenvalue weighted by molar-refractivity contribution is -0.870. The molecule has 2 aliphatic heterocycles. The van der Waals surface area contributed by atoms with Crippen LogP contribution in [0.3, 0.4) is 0 Å². The molecule has 0 fully saturated rings. The van der Waals surface area contributed by atoms with E-state index in [1.165, 1.54) is 28.0 Å². The van der Waals surface area contributed by atoms with Crippen LogP contribution >= 0.6 is 11.3 Å². The molecule has 4 aromatic rings. The Kier molecular flexibility index (Phi) is 17.7. The van der Waals surface area contributed by atoms with Crippen LogP contribution in [0.5, 0.6) is 17.5 Å². The highest BCUT2D eigenvalue weighted by atomic mass is 32.2. The second-order valence-corrected chi connectivity index (χ2v) is 21.0. The molecule has 5 heterocycles. The molecule has 378 valence electrons. The Morgan fingerprint density at radius 2 is 1.69 bits per heavy atom. The molecule has 0 saturated carbocycles. The van der Waals surface area contributed by atoms with Gasteiger partial charge >= 0.3 is 12.9 Å². The van der Waals surface area contributed by atoms with Gasteiger partial charge in [0, 0.05) is 73.6 Å². The zero-order valence-electron chi connectivity index (χ0n) is 40.1. The lowest BCUT2D eigenvalue weighted by atomic mass is 9.88. The number of fused-ring (bicyclic) bond motifs is 2. The minimum absolute atomic E-state index is 0.0676. The lowest BCUT2D eigenvalue weighted by Crippen LogP contribution is -2.51. The van der Waals surface area contributed by atoms with Crippen LogP contribution in [0.1, 0.15) is 78.8 Å². The summed E-state index contributed by atoms with van der Waals surface area (Å²) in [5, 5.41) is 26.0. The van der Waals surface area contributed by atoms with E-state index in [2.05, 4.69) is 31.8 Å². The van der Waals surface area contributed by atoms with Crippen molar-refractivity contribution in [3.63, 3.8) is 0 Å². The van der Waals surface area contributed by atoms with Gasteiger partial charge in [0.15, 0.2) is 11.4 Å². The Hall–Kier alpha value is -6.07. The van der Waals surface area contributed by atoms with E-state index in [0.717, 1.165) is 43.5 Å². The summed E-state index contributed by atoms with van der Waals surface area (Å²) in [5.41, 5.74) is 4.34. The molecule has 0 spiro atoms. The van der Waals surface area contributed by atoms with Crippen molar-refractivity contribution < 1.29 is 64.7 Å². The van der Waals surface area contributed by atoms with Gasteiger partial charge in [0.2, 0.25) is 23.6 Å². The van der Waals surface area contributed by atoms with Crippen LogP contribution in [0.25, 0.3) is 18.2 Å². The van der Waals surface area contributed by atoms with Gasteiger partial charge in [-0.05, 0) is 93.0 Å². The molecular formula is C48H63BF2N7O10S2+. The average Bonchev–Trinajstić information content (AvgIpc) is 4.08. The molecule has 0 bridgehead atoms. The fourth-order valence-electron chi connectivity index (χ4n) is 8.26. The number of allylic oxidation sites excluding steroid dienone is 2. The van der Waals surface area contributed by atoms with E-state index in [4.69, 9.17) is 9.57 Å². The Morgan fingerprint density at radius 1 is 0.957 bits per heavy atom. The van der Waals surface area contributed by atoms with E-state index in [1.807, 2.05) is 48.5 Å². The molecule has 1 aromatic carbocycles. The Balaban J connectivity index is 0.946. The molecule has 1 unspecified atom stereocenters. The van der Waals surface area contributed by atoms with E-state index >= 15 is 8.63 Å². The maximum absolute atomic E-state index is 17.0. The van der Waals surface area contributed by atoms with Crippen LogP contribution in [0.15, 0.2) is 77.3 Å². The molecule has 17 nitrogen and oxygen atoms in total. The number of nitrogens with zero attached hydrogens (tertiary/aromatic N) is 5. The van der Waals surface area contributed by atoms with E-state index in [9.17, 15) is 37.6 Å². The number of amides is 2. The molecule has 70 heavy (non-hydrogen) atoms. The lowest BCUT2D eigenvalue weighted by Gasteiger charge is -2.31. The molecule has 3 aromatic heterocycles. The van der Waals surface area contributed by atoms with Crippen LogP contribution in [-0.4, -0.2) is 149 Å². The van der Waals surface area contributed by atoms with Crippen molar-refractivity contribution in [1.82, 2.24) is 24.7 Å². The molecular weight excluding hydrogens is 948 g/mol. The van der Waals surface area contributed by atoms with E-state index in [1.54, 1.807) is 42.5 Å². The van der Waals surface area contributed by atoms with E-state index < -0.39 is 58.4 Å². The first-order valence-electron chi connectivity index (χ1n) is 23.2. The van der Waals surface area contributed by atoms with Gasteiger partial charge in [-0.3, -0.25) is 14.1 Å². The zero-order valence-corrected chi connectivity index (χ0v) is 41.8.